The number of aliphatic imine (C=N–C) groups is 1. The van der Waals surface area contributed by atoms with Gasteiger partial charge in [-0.25, -0.2) is 8.78 Å². The van der Waals surface area contributed by atoms with E-state index in [0.29, 0.717) is 12.1 Å². The molecule has 17 heavy (non-hydrogen) atoms. The summed E-state index contributed by atoms with van der Waals surface area (Å²) in [5.74, 6) is -0.339. The summed E-state index contributed by atoms with van der Waals surface area (Å²) in [4.78, 5) is 6.17. The molecule has 0 unspecified atom stereocenters. The van der Waals surface area contributed by atoms with Gasteiger partial charge < -0.3 is 10.2 Å². The van der Waals surface area contributed by atoms with Gasteiger partial charge in [0, 0.05) is 31.8 Å². The summed E-state index contributed by atoms with van der Waals surface area (Å²) >= 11 is 0. The lowest BCUT2D eigenvalue weighted by Crippen LogP contribution is -2.35. The molecule has 1 aromatic carbocycles. The minimum atomic E-state index is -0.559. The van der Waals surface area contributed by atoms with Gasteiger partial charge in [0.05, 0.1) is 6.54 Å². The van der Waals surface area contributed by atoms with Crippen LogP contribution in [0, 0.1) is 11.6 Å². The van der Waals surface area contributed by atoms with Gasteiger partial charge in [-0.3, -0.25) is 4.99 Å². The molecule has 0 fully saturated rings. The van der Waals surface area contributed by atoms with Gasteiger partial charge in [0.15, 0.2) is 5.96 Å². The van der Waals surface area contributed by atoms with E-state index in [1.165, 1.54) is 12.1 Å². The average molecular weight is 353 g/mol. The first-order valence-electron chi connectivity index (χ1n) is 5.10. The van der Waals surface area contributed by atoms with Gasteiger partial charge in [-0.1, -0.05) is 6.07 Å². The van der Waals surface area contributed by atoms with Crippen LogP contribution < -0.4 is 5.32 Å². The predicted octanol–water partition coefficient (Wildman–Crippen LogP) is 1.97. The molecule has 0 aromatic heterocycles. The van der Waals surface area contributed by atoms with Crippen LogP contribution in [-0.4, -0.2) is 31.0 Å². The van der Waals surface area contributed by atoms with E-state index in [1.807, 2.05) is 11.9 Å². The normalized spacial score (nSPS) is 14.3. The monoisotopic (exact) mass is 353 g/mol. The molecule has 2 rings (SSSR count). The van der Waals surface area contributed by atoms with Gasteiger partial charge in [0.25, 0.3) is 0 Å². The number of guanidine groups is 1. The maximum atomic E-state index is 13.3. The van der Waals surface area contributed by atoms with E-state index in [1.54, 1.807) is 0 Å². The van der Waals surface area contributed by atoms with Gasteiger partial charge in [0.2, 0.25) is 0 Å². The van der Waals surface area contributed by atoms with Gasteiger partial charge in [-0.2, -0.15) is 0 Å². The SMILES string of the molecule is CN1CCN=C1NCc1ccc(F)cc1F.I. The second-order valence-electron chi connectivity index (χ2n) is 3.72. The van der Waals surface area contributed by atoms with Gasteiger partial charge in [0.1, 0.15) is 11.6 Å². The third-order valence-electron chi connectivity index (χ3n) is 2.51. The molecule has 0 saturated heterocycles. The molecule has 1 N–H and O–H groups in total. The van der Waals surface area contributed by atoms with E-state index in [0.717, 1.165) is 25.1 Å². The Morgan fingerprint density at radius 1 is 1.41 bits per heavy atom. The standard InChI is InChI=1S/C11H13F2N3.HI/c1-16-5-4-14-11(16)15-7-8-2-3-9(12)6-10(8)13;/h2-3,6H,4-5,7H2,1H3,(H,14,15);1H. The molecule has 1 aliphatic rings. The first-order valence-corrected chi connectivity index (χ1v) is 5.10. The zero-order valence-corrected chi connectivity index (χ0v) is 11.7. The topological polar surface area (TPSA) is 27.6 Å². The second kappa shape index (κ2) is 6.13. The summed E-state index contributed by atoms with van der Waals surface area (Å²) in [5.41, 5.74) is 0.435. The van der Waals surface area contributed by atoms with Crippen LogP contribution in [0.2, 0.25) is 0 Å². The van der Waals surface area contributed by atoms with Crippen LogP contribution in [0.3, 0.4) is 0 Å². The minimum Gasteiger partial charge on any atom is -0.352 e. The molecule has 0 radical (unpaired) electrons. The molecule has 3 nitrogen and oxygen atoms in total. The number of nitrogens with one attached hydrogen (secondary N) is 1. The maximum Gasteiger partial charge on any atom is 0.194 e. The van der Waals surface area contributed by atoms with E-state index in [9.17, 15) is 8.78 Å². The molecule has 94 valence electrons. The van der Waals surface area contributed by atoms with Crippen LogP contribution in [0.5, 0.6) is 0 Å². The number of hydrogen-bond acceptors (Lipinski definition) is 3. The molecule has 0 amide bonds. The Kier molecular flexibility index (Phi) is 5.10. The molecule has 0 atom stereocenters. The van der Waals surface area contributed by atoms with Crippen LogP contribution in [0.1, 0.15) is 5.56 Å². The lowest BCUT2D eigenvalue weighted by atomic mass is 10.2. The third kappa shape index (κ3) is 3.52. The summed E-state index contributed by atoms with van der Waals surface area (Å²) in [7, 11) is 1.92. The zero-order chi connectivity index (χ0) is 11.5. The summed E-state index contributed by atoms with van der Waals surface area (Å²) in [6, 6.07) is 3.57. The number of nitrogens with zero attached hydrogens (tertiary/aromatic N) is 2. The molecular weight excluding hydrogens is 339 g/mol. The van der Waals surface area contributed by atoms with E-state index in [4.69, 9.17) is 0 Å². The summed E-state index contributed by atoms with van der Waals surface area (Å²) in [6.07, 6.45) is 0. The number of rotatable bonds is 2. The van der Waals surface area contributed by atoms with Crippen molar-refractivity contribution in [2.24, 2.45) is 4.99 Å². The predicted molar refractivity (Wildman–Crippen MR) is 73.5 cm³/mol. The highest BCUT2D eigenvalue weighted by Gasteiger charge is 2.12. The molecule has 1 aromatic rings. The molecule has 1 aliphatic heterocycles. The van der Waals surface area contributed by atoms with Crippen molar-refractivity contribution in [3.8, 4) is 0 Å². The van der Waals surface area contributed by atoms with Gasteiger partial charge >= 0.3 is 0 Å². The van der Waals surface area contributed by atoms with Crippen LogP contribution in [0.15, 0.2) is 23.2 Å². The minimum absolute atomic E-state index is 0. The highest BCUT2D eigenvalue weighted by molar-refractivity contribution is 14.0. The second-order valence-corrected chi connectivity index (χ2v) is 3.72. The Hall–Kier alpha value is -0.920. The van der Waals surface area contributed by atoms with Crippen molar-refractivity contribution < 1.29 is 8.78 Å². The summed E-state index contributed by atoms with van der Waals surface area (Å²) in [5, 5.41) is 3.02. The van der Waals surface area contributed by atoms with Gasteiger partial charge in [-0.15, -0.1) is 24.0 Å². The van der Waals surface area contributed by atoms with Crippen LogP contribution in [-0.2, 0) is 6.54 Å². The molecular formula is C11H14F2IN3. The van der Waals surface area contributed by atoms with Crippen molar-refractivity contribution in [2.45, 2.75) is 6.54 Å². The van der Waals surface area contributed by atoms with Crippen molar-refractivity contribution in [1.29, 1.82) is 0 Å². The molecule has 0 saturated carbocycles. The number of halogens is 3. The number of hydrogen-bond donors (Lipinski definition) is 1. The largest absolute Gasteiger partial charge is 0.352 e. The lowest BCUT2D eigenvalue weighted by molar-refractivity contribution is 0.529. The third-order valence-corrected chi connectivity index (χ3v) is 2.51. The van der Waals surface area contributed by atoms with Crippen molar-refractivity contribution in [1.82, 2.24) is 10.2 Å². The molecule has 0 spiro atoms. The first-order chi connectivity index (χ1) is 7.66. The van der Waals surface area contributed by atoms with E-state index >= 15 is 0 Å². The Bertz CT molecular complexity index is 423. The fourth-order valence-electron chi connectivity index (χ4n) is 1.56. The van der Waals surface area contributed by atoms with Crippen LogP contribution in [0.4, 0.5) is 8.78 Å². The molecule has 1 heterocycles. The smallest absolute Gasteiger partial charge is 0.194 e. The molecule has 6 heteroatoms. The van der Waals surface area contributed by atoms with Gasteiger partial charge in [-0.05, 0) is 6.07 Å². The van der Waals surface area contributed by atoms with E-state index in [2.05, 4.69) is 10.3 Å². The Morgan fingerprint density at radius 2 is 2.18 bits per heavy atom. The van der Waals surface area contributed by atoms with Crippen LogP contribution in [0.25, 0.3) is 0 Å². The number of likely N-dealkylation sites (N-methyl/N-ethyl adjacent to an activating group) is 1. The average Bonchev–Trinajstić information content (AvgIpc) is 2.63. The van der Waals surface area contributed by atoms with E-state index in [-0.39, 0.29) is 24.0 Å². The summed E-state index contributed by atoms with van der Waals surface area (Å²) < 4.78 is 25.9. The highest BCUT2D eigenvalue weighted by atomic mass is 127. The van der Waals surface area contributed by atoms with Crippen molar-refractivity contribution >= 4 is 29.9 Å². The quantitative estimate of drug-likeness (QED) is 0.824. The molecule has 0 bridgehead atoms. The zero-order valence-electron chi connectivity index (χ0n) is 9.41. The summed E-state index contributed by atoms with van der Waals surface area (Å²) in [6.45, 7) is 1.94. The Labute approximate surface area is 116 Å². The Balaban J connectivity index is 0.00000144. The van der Waals surface area contributed by atoms with Crippen molar-refractivity contribution in [3.05, 3.63) is 35.4 Å². The highest BCUT2D eigenvalue weighted by Crippen LogP contribution is 2.09. The molecule has 0 aliphatic carbocycles. The van der Waals surface area contributed by atoms with E-state index < -0.39 is 11.6 Å². The van der Waals surface area contributed by atoms with Crippen molar-refractivity contribution in [2.75, 3.05) is 20.1 Å². The Morgan fingerprint density at radius 3 is 2.76 bits per heavy atom. The number of benzene rings is 1. The fraction of sp³-hybridized carbons (Fsp3) is 0.364. The first kappa shape index (κ1) is 14.1. The van der Waals surface area contributed by atoms with Crippen LogP contribution >= 0.6 is 24.0 Å². The van der Waals surface area contributed by atoms with Crippen molar-refractivity contribution in [3.63, 3.8) is 0 Å². The fourth-order valence-corrected chi connectivity index (χ4v) is 1.56. The maximum absolute atomic E-state index is 13.3. The lowest BCUT2D eigenvalue weighted by Gasteiger charge is -2.15.